The molecule has 0 bridgehead atoms. The van der Waals surface area contributed by atoms with Crippen molar-refractivity contribution in [3.63, 3.8) is 0 Å². The van der Waals surface area contributed by atoms with E-state index in [9.17, 15) is 0 Å². The van der Waals surface area contributed by atoms with Crippen LogP contribution >= 0.6 is 11.6 Å². The highest BCUT2D eigenvalue weighted by Gasteiger charge is 1.96. The van der Waals surface area contributed by atoms with Gasteiger partial charge in [0.15, 0.2) is 0 Å². The van der Waals surface area contributed by atoms with Gasteiger partial charge in [-0.2, -0.15) is 0 Å². The van der Waals surface area contributed by atoms with Crippen LogP contribution in [0.25, 0.3) is 0 Å². The molecule has 0 aromatic rings. The molecule has 0 unspecified atom stereocenters. The Bertz CT molecular complexity index is 97.1. The fraction of sp³-hybridized carbons (Fsp3) is 0.714. The molecular weight excluding hydrogens is 134 g/mol. The van der Waals surface area contributed by atoms with Crippen LogP contribution in [-0.4, -0.2) is 6.54 Å². The molecule has 0 saturated heterocycles. The molecule has 9 heavy (non-hydrogen) atoms. The van der Waals surface area contributed by atoms with Crippen molar-refractivity contribution in [2.75, 3.05) is 6.54 Å². The summed E-state index contributed by atoms with van der Waals surface area (Å²) < 4.78 is 0. The van der Waals surface area contributed by atoms with E-state index in [0.717, 1.165) is 12.0 Å². The number of halogens is 1. The zero-order valence-corrected chi connectivity index (χ0v) is 6.78. The monoisotopic (exact) mass is 147 g/mol. The fourth-order valence-electron chi connectivity index (χ4n) is 0.697. The van der Waals surface area contributed by atoms with Crippen molar-refractivity contribution in [1.29, 1.82) is 0 Å². The van der Waals surface area contributed by atoms with Crippen molar-refractivity contribution in [3.8, 4) is 0 Å². The standard InChI is InChI=1S/C7H14ClN/c1-6(2)3-7(4-8)5-9/h4,6H,3,5,9H2,1-2H3. The Morgan fingerprint density at radius 2 is 2.22 bits per heavy atom. The van der Waals surface area contributed by atoms with Crippen LogP contribution in [0.5, 0.6) is 0 Å². The summed E-state index contributed by atoms with van der Waals surface area (Å²) in [6.07, 6.45) is 1.01. The van der Waals surface area contributed by atoms with E-state index >= 15 is 0 Å². The maximum absolute atomic E-state index is 5.47. The summed E-state index contributed by atoms with van der Waals surface area (Å²) in [5.41, 5.74) is 8.09. The highest BCUT2D eigenvalue weighted by atomic mass is 35.5. The summed E-state index contributed by atoms with van der Waals surface area (Å²) in [7, 11) is 0. The Labute approximate surface area is 61.9 Å². The summed E-state index contributed by atoms with van der Waals surface area (Å²) in [6, 6.07) is 0. The highest BCUT2D eigenvalue weighted by Crippen LogP contribution is 2.09. The summed E-state index contributed by atoms with van der Waals surface area (Å²) in [6.45, 7) is 4.88. The van der Waals surface area contributed by atoms with Gasteiger partial charge in [-0.15, -0.1) is 0 Å². The summed E-state index contributed by atoms with van der Waals surface area (Å²) >= 11 is 5.47. The molecule has 0 rings (SSSR count). The molecule has 1 nitrogen and oxygen atoms in total. The van der Waals surface area contributed by atoms with Gasteiger partial charge in [0.05, 0.1) is 0 Å². The number of rotatable bonds is 3. The summed E-state index contributed by atoms with van der Waals surface area (Å²) in [4.78, 5) is 0. The maximum atomic E-state index is 5.47. The van der Waals surface area contributed by atoms with Crippen molar-refractivity contribution < 1.29 is 0 Å². The third-order valence-electron chi connectivity index (χ3n) is 1.09. The zero-order valence-electron chi connectivity index (χ0n) is 6.02. The Kier molecular flexibility index (Phi) is 4.83. The molecule has 0 aliphatic carbocycles. The van der Waals surface area contributed by atoms with E-state index < -0.39 is 0 Å². The first kappa shape index (κ1) is 8.99. The summed E-state index contributed by atoms with van der Waals surface area (Å²) in [5, 5.41) is 0. The van der Waals surface area contributed by atoms with Gasteiger partial charge >= 0.3 is 0 Å². The van der Waals surface area contributed by atoms with Crippen LogP contribution in [0.15, 0.2) is 11.1 Å². The van der Waals surface area contributed by atoms with E-state index in [1.54, 1.807) is 5.54 Å². The van der Waals surface area contributed by atoms with Crippen LogP contribution in [0.2, 0.25) is 0 Å². The van der Waals surface area contributed by atoms with Crippen LogP contribution in [0.1, 0.15) is 20.3 Å². The predicted molar refractivity (Wildman–Crippen MR) is 42.4 cm³/mol. The van der Waals surface area contributed by atoms with Gasteiger partial charge < -0.3 is 5.73 Å². The molecular formula is C7H14ClN. The largest absolute Gasteiger partial charge is 0.327 e. The molecule has 0 aromatic heterocycles. The number of nitrogens with two attached hydrogens (primary N) is 1. The normalized spacial score (nSPS) is 12.8. The molecule has 0 aliphatic rings. The molecule has 0 atom stereocenters. The van der Waals surface area contributed by atoms with Crippen LogP contribution in [0.3, 0.4) is 0 Å². The predicted octanol–water partition coefficient (Wildman–Crippen LogP) is 2.11. The lowest BCUT2D eigenvalue weighted by atomic mass is 10.1. The van der Waals surface area contributed by atoms with Gasteiger partial charge in [0.25, 0.3) is 0 Å². The van der Waals surface area contributed by atoms with Gasteiger partial charge in [0.1, 0.15) is 0 Å². The molecule has 2 N–H and O–H groups in total. The Morgan fingerprint density at radius 3 is 2.33 bits per heavy atom. The van der Waals surface area contributed by atoms with Crippen molar-refractivity contribution in [1.82, 2.24) is 0 Å². The van der Waals surface area contributed by atoms with Crippen molar-refractivity contribution >= 4 is 11.6 Å². The van der Waals surface area contributed by atoms with E-state index in [1.807, 2.05) is 0 Å². The molecule has 0 radical (unpaired) electrons. The average molecular weight is 148 g/mol. The van der Waals surface area contributed by atoms with Crippen LogP contribution in [0.4, 0.5) is 0 Å². The first-order chi connectivity index (χ1) is 4.20. The molecule has 2 heteroatoms. The number of hydrogen-bond acceptors (Lipinski definition) is 1. The Balaban J connectivity index is 3.58. The van der Waals surface area contributed by atoms with Crippen molar-refractivity contribution in [3.05, 3.63) is 11.1 Å². The van der Waals surface area contributed by atoms with E-state index in [4.69, 9.17) is 17.3 Å². The topological polar surface area (TPSA) is 26.0 Å². The first-order valence-electron chi connectivity index (χ1n) is 3.19. The molecule has 0 fully saturated rings. The van der Waals surface area contributed by atoms with Gasteiger partial charge in [0.2, 0.25) is 0 Å². The van der Waals surface area contributed by atoms with Crippen LogP contribution in [-0.2, 0) is 0 Å². The Morgan fingerprint density at radius 1 is 1.67 bits per heavy atom. The second kappa shape index (κ2) is 4.83. The van der Waals surface area contributed by atoms with Gasteiger partial charge in [-0.25, -0.2) is 0 Å². The molecule has 0 amide bonds. The minimum absolute atomic E-state index is 0.585. The molecule has 0 aliphatic heterocycles. The van der Waals surface area contributed by atoms with Gasteiger partial charge in [-0.05, 0) is 17.9 Å². The zero-order chi connectivity index (χ0) is 7.28. The van der Waals surface area contributed by atoms with Gasteiger partial charge in [-0.1, -0.05) is 25.4 Å². The van der Waals surface area contributed by atoms with Crippen LogP contribution < -0.4 is 5.73 Å². The smallest absolute Gasteiger partial charge is 0.0148 e. The second-order valence-corrected chi connectivity index (χ2v) is 2.79. The molecule has 0 aromatic carbocycles. The van der Waals surface area contributed by atoms with E-state index in [2.05, 4.69) is 13.8 Å². The lowest BCUT2D eigenvalue weighted by Gasteiger charge is -2.04. The second-order valence-electron chi connectivity index (χ2n) is 2.57. The van der Waals surface area contributed by atoms with Crippen molar-refractivity contribution in [2.45, 2.75) is 20.3 Å². The highest BCUT2D eigenvalue weighted by molar-refractivity contribution is 6.25. The van der Waals surface area contributed by atoms with Crippen molar-refractivity contribution in [2.24, 2.45) is 11.7 Å². The van der Waals surface area contributed by atoms with Crippen LogP contribution in [0, 0.1) is 5.92 Å². The summed E-state index contributed by atoms with van der Waals surface area (Å²) in [5.74, 6) is 0.651. The average Bonchev–Trinajstić information content (AvgIpc) is 1.82. The van der Waals surface area contributed by atoms with E-state index in [1.165, 1.54) is 0 Å². The van der Waals surface area contributed by atoms with Gasteiger partial charge in [0, 0.05) is 12.1 Å². The lowest BCUT2D eigenvalue weighted by molar-refractivity contribution is 0.636. The third kappa shape index (κ3) is 4.49. The van der Waals surface area contributed by atoms with Gasteiger partial charge in [-0.3, -0.25) is 0 Å². The molecule has 0 spiro atoms. The first-order valence-corrected chi connectivity index (χ1v) is 3.62. The molecule has 0 saturated carbocycles. The van der Waals surface area contributed by atoms with E-state index in [-0.39, 0.29) is 0 Å². The third-order valence-corrected chi connectivity index (χ3v) is 1.40. The minimum Gasteiger partial charge on any atom is -0.327 e. The lowest BCUT2D eigenvalue weighted by Crippen LogP contribution is -2.04. The maximum Gasteiger partial charge on any atom is 0.0148 e. The minimum atomic E-state index is 0.585. The molecule has 54 valence electrons. The van der Waals surface area contributed by atoms with E-state index in [0.29, 0.717) is 12.5 Å². The molecule has 0 heterocycles. The SMILES string of the molecule is CC(C)CC(=CCl)CN. The fourth-order valence-corrected chi connectivity index (χ4v) is 0.875. The number of hydrogen-bond donors (Lipinski definition) is 1. The quantitative estimate of drug-likeness (QED) is 0.650. The Hall–Kier alpha value is -0.0100.